The van der Waals surface area contributed by atoms with Crippen LogP contribution in [0, 0.1) is 0 Å². The molecule has 0 saturated heterocycles. The van der Waals surface area contributed by atoms with Gasteiger partial charge in [0.05, 0.1) is 0 Å². The SMILES string of the molecule is C=C(C)C(=O)O.F.Oc1ccccc1.Oc1ccccc1. The first-order valence-corrected chi connectivity index (χ1v) is 5.80. The van der Waals surface area contributed by atoms with E-state index in [2.05, 4.69) is 6.58 Å². The summed E-state index contributed by atoms with van der Waals surface area (Å²) in [7, 11) is 0. The molecule has 0 heterocycles. The lowest BCUT2D eigenvalue weighted by molar-refractivity contribution is -0.132. The van der Waals surface area contributed by atoms with Crippen LogP contribution in [0.3, 0.4) is 0 Å². The highest BCUT2D eigenvalue weighted by Crippen LogP contribution is 2.03. The Morgan fingerprint density at radius 2 is 1.10 bits per heavy atom. The molecule has 0 atom stereocenters. The Labute approximate surface area is 123 Å². The zero-order valence-electron chi connectivity index (χ0n) is 11.6. The molecule has 0 aliphatic carbocycles. The van der Waals surface area contributed by atoms with E-state index in [9.17, 15) is 4.79 Å². The summed E-state index contributed by atoms with van der Waals surface area (Å²) in [6, 6.07) is 17.4. The number of benzene rings is 2. The number of halogens is 1. The molecule has 114 valence electrons. The van der Waals surface area contributed by atoms with Gasteiger partial charge < -0.3 is 15.3 Å². The largest absolute Gasteiger partial charge is 0.508 e. The molecule has 0 aliphatic heterocycles. The van der Waals surface area contributed by atoms with Gasteiger partial charge in [-0.2, -0.15) is 0 Å². The molecule has 4 nitrogen and oxygen atoms in total. The van der Waals surface area contributed by atoms with Crippen LogP contribution < -0.4 is 0 Å². The van der Waals surface area contributed by atoms with Crippen LogP contribution in [-0.2, 0) is 4.79 Å². The van der Waals surface area contributed by atoms with Crippen LogP contribution in [0.25, 0.3) is 0 Å². The van der Waals surface area contributed by atoms with Crippen LogP contribution >= 0.6 is 0 Å². The molecule has 0 bridgehead atoms. The highest BCUT2D eigenvalue weighted by atomic mass is 19.0. The van der Waals surface area contributed by atoms with Crippen LogP contribution in [0.1, 0.15) is 6.92 Å². The van der Waals surface area contributed by atoms with E-state index in [4.69, 9.17) is 15.3 Å². The second kappa shape index (κ2) is 12.2. The van der Waals surface area contributed by atoms with E-state index in [0.29, 0.717) is 11.5 Å². The molecule has 3 N–H and O–H groups in total. The van der Waals surface area contributed by atoms with E-state index in [-0.39, 0.29) is 10.3 Å². The van der Waals surface area contributed by atoms with E-state index < -0.39 is 5.97 Å². The van der Waals surface area contributed by atoms with Gasteiger partial charge in [0.1, 0.15) is 11.5 Å². The summed E-state index contributed by atoms with van der Waals surface area (Å²) in [5.41, 5.74) is 0.176. The van der Waals surface area contributed by atoms with E-state index in [1.807, 2.05) is 12.1 Å². The van der Waals surface area contributed by atoms with Crippen molar-refractivity contribution >= 4 is 5.97 Å². The van der Waals surface area contributed by atoms with Crippen molar-refractivity contribution in [2.75, 3.05) is 0 Å². The first-order valence-electron chi connectivity index (χ1n) is 5.80. The maximum atomic E-state index is 9.60. The van der Waals surface area contributed by atoms with Gasteiger partial charge in [0.25, 0.3) is 0 Å². The van der Waals surface area contributed by atoms with Gasteiger partial charge in [0, 0.05) is 5.57 Å². The fourth-order valence-electron chi connectivity index (χ4n) is 0.856. The third-order valence-electron chi connectivity index (χ3n) is 1.88. The number of para-hydroxylation sites is 2. The molecule has 2 aromatic rings. The van der Waals surface area contributed by atoms with Crippen LogP contribution in [0.5, 0.6) is 11.5 Å². The molecule has 2 aromatic carbocycles. The number of rotatable bonds is 1. The summed E-state index contributed by atoms with van der Waals surface area (Å²) in [6.45, 7) is 4.60. The minimum absolute atomic E-state index is 0. The van der Waals surface area contributed by atoms with Gasteiger partial charge in [-0.3, -0.25) is 4.70 Å². The number of carbonyl (C=O) groups is 1. The van der Waals surface area contributed by atoms with Gasteiger partial charge in [0.15, 0.2) is 0 Å². The fraction of sp³-hybridized carbons (Fsp3) is 0.0625. The predicted molar refractivity (Wildman–Crippen MR) is 81.2 cm³/mol. The molecule has 0 aromatic heterocycles. The maximum Gasteiger partial charge on any atom is 0.330 e. The van der Waals surface area contributed by atoms with Gasteiger partial charge in [0.2, 0.25) is 0 Å². The average Bonchev–Trinajstić information content (AvgIpc) is 2.42. The van der Waals surface area contributed by atoms with Crippen molar-refractivity contribution in [3.05, 3.63) is 72.8 Å². The third kappa shape index (κ3) is 13.4. The molecule has 0 unspecified atom stereocenters. The molecule has 0 fully saturated rings. The molecule has 0 spiro atoms. The molecule has 0 radical (unpaired) electrons. The monoisotopic (exact) mass is 294 g/mol. The Morgan fingerprint density at radius 1 is 0.857 bits per heavy atom. The number of phenolic OH excluding ortho intramolecular Hbond substituents is 2. The number of hydrogen-bond donors (Lipinski definition) is 3. The van der Waals surface area contributed by atoms with Crippen molar-refractivity contribution in [3.63, 3.8) is 0 Å². The lowest BCUT2D eigenvalue weighted by Crippen LogP contribution is -1.92. The van der Waals surface area contributed by atoms with Crippen molar-refractivity contribution in [2.24, 2.45) is 0 Å². The first-order chi connectivity index (χ1) is 9.43. The molecule has 0 amide bonds. The van der Waals surface area contributed by atoms with Crippen molar-refractivity contribution in [1.82, 2.24) is 0 Å². The van der Waals surface area contributed by atoms with Gasteiger partial charge in [-0.25, -0.2) is 4.79 Å². The van der Waals surface area contributed by atoms with Gasteiger partial charge in [-0.05, 0) is 31.2 Å². The molecule has 5 heteroatoms. The smallest absolute Gasteiger partial charge is 0.330 e. The van der Waals surface area contributed by atoms with E-state index >= 15 is 0 Å². The number of aliphatic carboxylic acids is 1. The minimum Gasteiger partial charge on any atom is -0.508 e. The molecule has 0 saturated carbocycles. The van der Waals surface area contributed by atoms with Crippen LogP contribution in [0.4, 0.5) is 4.70 Å². The second-order valence-corrected chi connectivity index (χ2v) is 3.76. The lowest BCUT2D eigenvalue weighted by atomic mass is 10.3. The molecular formula is C16H19FO4. The summed E-state index contributed by atoms with van der Waals surface area (Å²) in [5, 5.41) is 25.2. The fourth-order valence-corrected chi connectivity index (χ4v) is 0.856. The van der Waals surface area contributed by atoms with Crippen LogP contribution in [0.15, 0.2) is 72.8 Å². The Bertz CT molecular complexity index is 463. The molecule has 21 heavy (non-hydrogen) atoms. The van der Waals surface area contributed by atoms with Crippen molar-refractivity contribution in [1.29, 1.82) is 0 Å². The highest BCUT2D eigenvalue weighted by Gasteiger charge is 1.90. The van der Waals surface area contributed by atoms with Gasteiger partial charge >= 0.3 is 5.97 Å². The minimum atomic E-state index is -0.935. The number of carboxylic acid groups (broad SMARTS) is 1. The predicted octanol–water partition coefficient (Wildman–Crippen LogP) is 3.58. The quantitative estimate of drug-likeness (QED) is 0.702. The van der Waals surface area contributed by atoms with E-state index in [1.54, 1.807) is 48.5 Å². The number of aromatic hydroxyl groups is 2. The highest BCUT2D eigenvalue weighted by molar-refractivity contribution is 5.84. The Balaban J connectivity index is 0. The van der Waals surface area contributed by atoms with E-state index in [1.165, 1.54) is 6.92 Å². The molecule has 2 rings (SSSR count). The molecular weight excluding hydrogens is 275 g/mol. The zero-order chi connectivity index (χ0) is 15.4. The lowest BCUT2D eigenvalue weighted by Gasteiger charge is -1.82. The van der Waals surface area contributed by atoms with E-state index in [0.717, 1.165) is 0 Å². The average molecular weight is 294 g/mol. The first kappa shape index (κ1) is 20.5. The number of hydrogen-bond acceptors (Lipinski definition) is 3. The standard InChI is InChI=1S/2C6H6O.C4H6O2.FH/c2*7-6-4-2-1-3-5-6;1-3(2)4(5)6;/h2*1-5,7H;1H2,2H3,(H,5,6);1H. The molecule has 0 aliphatic rings. The summed E-state index contributed by atoms with van der Waals surface area (Å²) in [6.07, 6.45) is 0. The summed E-state index contributed by atoms with van der Waals surface area (Å²) in [5.74, 6) is -0.292. The van der Waals surface area contributed by atoms with Gasteiger partial charge in [-0.15, -0.1) is 0 Å². The second-order valence-electron chi connectivity index (χ2n) is 3.76. The van der Waals surface area contributed by atoms with Gasteiger partial charge in [-0.1, -0.05) is 43.0 Å². The van der Waals surface area contributed by atoms with Crippen molar-refractivity contribution in [2.45, 2.75) is 6.92 Å². The number of carboxylic acids is 1. The Morgan fingerprint density at radius 3 is 1.19 bits per heavy atom. The Kier molecular flexibility index (Phi) is 11.9. The maximum absolute atomic E-state index is 9.60. The summed E-state index contributed by atoms with van der Waals surface area (Å²) in [4.78, 5) is 9.60. The van der Waals surface area contributed by atoms with Crippen molar-refractivity contribution in [3.8, 4) is 11.5 Å². The normalized spacial score (nSPS) is 7.86. The third-order valence-corrected chi connectivity index (χ3v) is 1.88. The van der Waals surface area contributed by atoms with Crippen molar-refractivity contribution < 1.29 is 24.8 Å². The Hall–Kier alpha value is -2.82. The zero-order valence-corrected chi connectivity index (χ0v) is 11.6. The van der Waals surface area contributed by atoms with Crippen LogP contribution in [0.2, 0.25) is 0 Å². The number of phenols is 2. The summed E-state index contributed by atoms with van der Waals surface area (Å²) < 4.78 is 0. The topological polar surface area (TPSA) is 77.8 Å². The van der Waals surface area contributed by atoms with Crippen LogP contribution in [-0.4, -0.2) is 21.3 Å². The summed E-state index contributed by atoms with van der Waals surface area (Å²) >= 11 is 0.